The molecule has 1 fully saturated rings. The smallest absolute Gasteiger partial charge is 0.270 e. The SMILES string of the molecule is CC1CCC(Oc2cccc(C(C)(O)C(F)F)c2)CC(C)C1CC(=O)c1ccccc1CC1CCN=CC=N1. The minimum atomic E-state index is -2.90. The van der Waals surface area contributed by atoms with Gasteiger partial charge in [-0.05, 0) is 80.0 Å². The van der Waals surface area contributed by atoms with Crippen LogP contribution in [0.5, 0.6) is 5.75 Å². The van der Waals surface area contributed by atoms with Gasteiger partial charge in [0.05, 0.1) is 12.1 Å². The lowest BCUT2D eigenvalue weighted by Crippen LogP contribution is -2.30. The fraction of sp³-hybridized carbons (Fsp3) is 0.531. The van der Waals surface area contributed by atoms with E-state index < -0.39 is 12.0 Å². The molecule has 2 aromatic rings. The van der Waals surface area contributed by atoms with Gasteiger partial charge in [0.15, 0.2) is 5.78 Å². The van der Waals surface area contributed by atoms with Crippen LogP contribution in [0, 0.1) is 17.8 Å². The van der Waals surface area contributed by atoms with E-state index in [1.807, 2.05) is 24.3 Å². The van der Waals surface area contributed by atoms with E-state index in [2.05, 4.69) is 23.8 Å². The highest BCUT2D eigenvalue weighted by atomic mass is 19.3. The van der Waals surface area contributed by atoms with E-state index in [9.17, 15) is 18.7 Å². The lowest BCUT2D eigenvalue weighted by Gasteiger charge is -2.27. The van der Waals surface area contributed by atoms with Gasteiger partial charge < -0.3 is 9.84 Å². The van der Waals surface area contributed by atoms with Crippen molar-refractivity contribution >= 4 is 18.2 Å². The van der Waals surface area contributed by atoms with Gasteiger partial charge in [-0.15, -0.1) is 0 Å². The van der Waals surface area contributed by atoms with Gasteiger partial charge in [-0.1, -0.05) is 50.2 Å². The third-order valence-corrected chi connectivity index (χ3v) is 8.44. The van der Waals surface area contributed by atoms with Gasteiger partial charge in [0.25, 0.3) is 6.43 Å². The number of hydrogen-bond donors (Lipinski definition) is 1. The fourth-order valence-corrected chi connectivity index (χ4v) is 5.93. The monoisotopic (exact) mass is 538 g/mol. The minimum Gasteiger partial charge on any atom is -0.490 e. The summed E-state index contributed by atoms with van der Waals surface area (Å²) >= 11 is 0. The number of Topliss-reactive ketones (excluding diaryl/α,β-unsaturated/α-hetero) is 1. The standard InChI is InChI=1S/C32H40F2N2O3/c1-21-11-12-27(39-26-9-6-8-24(19-26)32(3,38)31(33)34)17-22(2)29(21)20-30(37)28-10-5-4-7-23(28)18-25-13-14-35-15-16-36-25/h4-10,15-16,19,21-22,25,27,29,31,38H,11-14,17-18,20H2,1-3H3. The van der Waals surface area contributed by atoms with Crippen molar-refractivity contribution < 1.29 is 23.4 Å². The van der Waals surface area contributed by atoms with Crippen molar-refractivity contribution in [2.45, 2.75) is 83.5 Å². The minimum absolute atomic E-state index is 0.0862. The number of aliphatic imine (C=N–C) groups is 2. The highest BCUT2D eigenvalue weighted by Gasteiger charge is 2.36. The number of halogens is 2. The molecule has 1 aliphatic heterocycles. The summed E-state index contributed by atoms with van der Waals surface area (Å²) in [4.78, 5) is 22.5. The van der Waals surface area contributed by atoms with Crippen LogP contribution in [0.2, 0.25) is 0 Å². The molecule has 0 bridgehead atoms. The predicted octanol–water partition coefficient (Wildman–Crippen LogP) is 6.71. The molecule has 1 aliphatic carbocycles. The molecule has 0 amide bonds. The third kappa shape index (κ3) is 7.38. The van der Waals surface area contributed by atoms with E-state index in [0.29, 0.717) is 18.1 Å². The number of carbonyl (C=O) groups is 1. The maximum absolute atomic E-state index is 13.6. The number of aliphatic hydroxyl groups is 1. The van der Waals surface area contributed by atoms with E-state index in [-0.39, 0.29) is 35.3 Å². The molecule has 1 saturated carbocycles. The van der Waals surface area contributed by atoms with E-state index in [0.717, 1.165) is 56.7 Å². The Balaban J connectivity index is 1.42. The number of benzene rings is 2. The predicted molar refractivity (Wildman–Crippen MR) is 151 cm³/mol. The molecule has 1 heterocycles. The average molecular weight is 539 g/mol. The summed E-state index contributed by atoms with van der Waals surface area (Å²) in [5, 5.41) is 10.2. The summed E-state index contributed by atoms with van der Waals surface area (Å²) in [5.74, 6) is 1.46. The summed E-state index contributed by atoms with van der Waals surface area (Å²) in [7, 11) is 0. The van der Waals surface area contributed by atoms with Crippen molar-refractivity contribution in [2.24, 2.45) is 27.7 Å². The van der Waals surface area contributed by atoms with Crippen LogP contribution in [0.15, 0.2) is 58.5 Å². The second kappa shape index (κ2) is 12.9. The van der Waals surface area contributed by atoms with Gasteiger partial charge >= 0.3 is 0 Å². The van der Waals surface area contributed by atoms with Gasteiger partial charge in [0.1, 0.15) is 11.4 Å². The number of hydrogen-bond acceptors (Lipinski definition) is 5. The average Bonchev–Trinajstić information content (AvgIpc) is 3.24. The van der Waals surface area contributed by atoms with E-state index >= 15 is 0 Å². The number of rotatable bonds is 9. The molecular formula is C32H40F2N2O3. The van der Waals surface area contributed by atoms with Crippen molar-refractivity contribution in [3.8, 4) is 5.75 Å². The number of nitrogens with zero attached hydrogens (tertiary/aromatic N) is 2. The highest BCUT2D eigenvalue weighted by Crippen LogP contribution is 2.38. The highest BCUT2D eigenvalue weighted by molar-refractivity contribution is 6.16. The molecular weight excluding hydrogens is 498 g/mol. The summed E-state index contributed by atoms with van der Waals surface area (Å²) < 4.78 is 32.9. The molecule has 2 aliphatic rings. The van der Waals surface area contributed by atoms with E-state index in [4.69, 9.17) is 4.74 Å². The molecule has 2 aromatic carbocycles. The summed E-state index contributed by atoms with van der Waals surface area (Å²) in [6.45, 7) is 6.25. The first kappa shape index (κ1) is 29.1. The molecule has 210 valence electrons. The molecule has 7 heteroatoms. The maximum atomic E-state index is 13.6. The summed E-state index contributed by atoms with van der Waals surface area (Å²) in [6, 6.07) is 14.4. The molecule has 39 heavy (non-hydrogen) atoms. The zero-order chi connectivity index (χ0) is 28.0. The Labute approximate surface area is 230 Å². The Morgan fingerprint density at radius 1 is 1.08 bits per heavy atom. The first-order chi connectivity index (χ1) is 18.6. The molecule has 4 rings (SSSR count). The van der Waals surface area contributed by atoms with Crippen LogP contribution in [0.3, 0.4) is 0 Å². The molecule has 0 saturated heterocycles. The van der Waals surface area contributed by atoms with Crippen LogP contribution in [-0.4, -0.2) is 48.4 Å². The molecule has 6 unspecified atom stereocenters. The van der Waals surface area contributed by atoms with Crippen LogP contribution in [0.4, 0.5) is 8.78 Å². The van der Waals surface area contributed by atoms with Crippen LogP contribution >= 0.6 is 0 Å². The lowest BCUT2D eigenvalue weighted by molar-refractivity contribution is -0.0884. The molecule has 6 atom stereocenters. The van der Waals surface area contributed by atoms with Gasteiger partial charge in [0.2, 0.25) is 0 Å². The number of carbonyl (C=O) groups excluding carboxylic acids is 1. The first-order valence-electron chi connectivity index (χ1n) is 14.1. The first-order valence-corrected chi connectivity index (χ1v) is 14.1. The van der Waals surface area contributed by atoms with Crippen molar-refractivity contribution in [3.05, 3.63) is 65.2 Å². The maximum Gasteiger partial charge on any atom is 0.270 e. The van der Waals surface area contributed by atoms with Gasteiger partial charge in [-0.2, -0.15) is 0 Å². The molecule has 1 N–H and O–H groups in total. The van der Waals surface area contributed by atoms with Crippen molar-refractivity contribution in [1.82, 2.24) is 0 Å². The van der Waals surface area contributed by atoms with Gasteiger partial charge in [-0.25, -0.2) is 8.78 Å². The van der Waals surface area contributed by atoms with Crippen molar-refractivity contribution in [1.29, 1.82) is 0 Å². The lowest BCUT2D eigenvalue weighted by atomic mass is 9.78. The van der Waals surface area contributed by atoms with E-state index in [1.165, 1.54) is 12.1 Å². The molecule has 5 nitrogen and oxygen atoms in total. The molecule has 0 radical (unpaired) electrons. The number of ether oxygens (including phenoxy) is 1. The molecule has 0 aromatic heterocycles. The van der Waals surface area contributed by atoms with Crippen LogP contribution in [-0.2, 0) is 12.0 Å². The second-order valence-electron chi connectivity index (χ2n) is 11.4. The Bertz CT molecular complexity index is 1180. The van der Waals surface area contributed by atoms with Crippen molar-refractivity contribution in [3.63, 3.8) is 0 Å². The number of alkyl halides is 2. The number of ketones is 1. The third-order valence-electron chi connectivity index (χ3n) is 8.44. The Morgan fingerprint density at radius 2 is 1.87 bits per heavy atom. The van der Waals surface area contributed by atoms with Crippen LogP contribution in [0.1, 0.15) is 74.4 Å². The van der Waals surface area contributed by atoms with Gasteiger partial charge in [-0.3, -0.25) is 14.8 Å². The van der Waals surface area contributed by atoms with Crippen LogP contribution < -0.4 is 4.74 Å². The largest absolute Gasteiger partial charge is 0.490 e. The summed E-state index contributed by atoms with van der Waals surface area (Å²) in [5.41, 5.74) is -0.268. The van der Waals surface area contributed by atoms with E-state index in [1.54, 1.807) is 24.6 Å². The van der Waals surface area contributed by atoms with Crippen molar-refractivity contribution in [2.75, 3.05) is 6.54 Å². The van der Waals surface area contributed by atoms with Crippen LogP contribution in [0.25, 0.3) is 0 Å². The Kier molecular flexibility index (Phi) is 9.65. The zero-order valence-electron chi connectivity index (χ0n) is 23.1. The Hall–Kier alpha value is -2.93. The quantitative estimate of drug-likeness (QED) is 0.285. The fourth-order valence-electron chi connectivity index (χ4n) is 5.93. The zero-order valence-corrected chi connectivity index (χ0v) is 23.1. The summed E-state index contributed by atoms with van der Waals surface area (Å²) in [6.07, 6.45) is 5.11. The second-order valence-corrected chi connectivity index (χ2v) is 11.4. The Morgan fingerprint density at radius 3 is 2.67 bits per heavy atom. The topological polar surface area (TPSA) is 71.2 Å². The van der Waals surface area contributed by atoms with Gasteiger partial charge in [0, 0.05) is 31.0 Å². The normalized spacial score (nSPS) is 27.0. The molecule has 0 spiro atoms.